The van der Waals surface area contributed by atoms with Crippen LogP contribution in [0.4, 0.5) is 39.8 Å². The van der Waals surface area contributed by atoms with Crippen LogP contribution in [-0.4, -0.2) is 16.2 Å². The molecular weight excluding hydrogens is 783 g/mol. The fraction of sp³-hybridized carbons (Fsp3) is 0.190. The van der Waals surface area contributed by atoms with Crippen molar-refractivity contribution in [1.29, 1.82) is 0 Å². The quantitative estimate of drug-likeness (QED) is 0.173. The van der Waals surface area contributed by atoms with Crippen LogP contribution >= 0.6 is 0 Å². The molecule has 7 aromatic carbocycles. The average molecular weight is 834 g/mol. The van der Waals surface area contributed by atoms with Gasteiger partial charge in [-0.1, -0.05) is 121 Å². The molecule has 0 saturated carbocycles. The lowest BCUT2D eigenvalue weighted by molar-refractivity contribution is 0.483. The van der Waals surface area contributed by atoms with Crippen molar-refractivity contribution < 1.29 is 4.74 Å². The van der Waals surface area contributed by atoms with Crippen LogP contribution in [0, 0.1) is 0 Å². The van der Waals surface area contributed by atoms with Gasteiger partial charge >= 0.3 is 0 Å². The molecule has 0 fully saturated rings. The third kappa shape index (κ3) is 5.61. The van der Waals surface area contributed by atoms with Crippen LogP contribution in [-0.2, 0) is 16.2 Å². The Hall–Kier alpha value is -7.31. The molecule has 0 radical (unpaired) electrons. The van der Waals surface area contributed by atoms with Crippen LogP contribution in [0.25, 0.3) is 27.6 Å². The summed E-state index contributed by atoms with van der Waals surface area (Å²) in [5.74, 6) is 2.45. The van der Waals surface area contributed by atoms with Crippen molar-refractivity contribution in [2.45, 2.75) is 64.7 Å². The Labute approximate surface area is 375 Å². The topological polar surface area (TPSA) is 36.8 Å². The van der Waals surface area contributed by atoms with Crippen LogP contribution in [0.5, 0.6) is 11.5 Å². The standard InChI is InChI=1S/C58H51N5O/c1-56(2,3)37-29-30-59-54(31-37)62-48-22-11-8-19-42(48)43-28-27-41(35-53(43)62)64-40-18-16-17-38(32-40)60-36-61(52-26-15-14-25-51(52)60)39-33-46-55-47(34-39)58(6,7)45-21-10-13-24-50(45)63(55)49-23-12-9-20-44(49)57(46,4)5/h8-35H,36H2,1-7H3. The molecule has 6 nitrogen and oxygen atoms in total. The van der Waals surface area contributed by atoms with Gasteiger partial charge in [0, 0.05) is 51.3 Å². The van der Waals surface area contributed by atoms with E-state index in [1.807, 2.05) is 6.20 Å². The van der Waals surface area contributed by atoms with Crippen LogP contribution < -0.4 is 19.4 Å². The molecule has 9 aromatic rings. The molecule has 0 aliphatic carbocycles. The summed E-state index contributed by atoms with van der Waals surface area (Å²) >= 11 is 0. The fourth-order valence-corrected chi connectivity index (χ4v) is 10.8. The lowest BCUT2D eigenvalue weighted by Crippen LogP contribution is -2.38. The molecule has 0 saturated heterocycles. The number of hydrogen-bond donors (Lipinski definition) is 0. The van der Waals surface area contributed by atoms with Crippen LogP contribution in [0.3, 0.4) is 0 Å². The number of anilines is 7. The van der Waals surface area contributed by atoms with E-state index in [0.717, 1.165) is 45.1 Å². The molecule has 0 atom stereocenters. The third-order valence-electron chi connectivity index (χ3n) is 14.2. The fourth-order valence-electron chi connectivity index (χ4n) is 10.8. The number of benzene rings is 7. The predicted molar refractivity (Wildman–Crippen MR) is 265 cm³/mol. The zero-order chi connectivity index (χ0) is 43.7. The summed E-state index contributed by atoms with van der Waals surface area (Å²) in [5.41, 5.74) is 16.8. The van der Waals surface area contributed by atoms with Gasteiger partial charge in [-0.15, -0.1) is 0 Å². The number of hydrogen-bond acceptors (Lipinski definition) is 5. The van der Waals surface area contributed by atoms with Crippen LogP contribution in [0.1, 0.15) is 76.3 Å². The zero-order valence-electron chi connectivity index (χ0n) is 37.5. The molecule has 314 valence electrons. The Bertz CT molecular complexity index is 3290. The maximum absolute atomic E-state index is 6.78. The molecule has 0 N–H and O–H groups in total. The minimum Gasteiger partial charge on any atom is -0.457 e. The minimum absolute atomic E-state index is 0.00522. The molecule has 0 spiro atoms. The van der Waals surface area contributed by atoms with Crippen molar-refractivity contribution in [3.05, 3.63) is 198 Å². The number of rotatable bonds is 5. The number of ether oxygens (including phenoxy) is 1. The van der Waals surface area contributed by atoms with Crippen molar-refractivity contribution >= 4 is 61.6 Å². The molecular formula is C58H51N5O. The molecule has 0 amide bonds. The summed E-state index contributed by atoms with van der Waals surface area (Å²) < 4.78 is 9.05. The van der Waals surface area contributed by atoms with Gasteiger partial charge in [0.15, 0.2) is 0 Å². The first-order valence-corrected chi connectivity index (χ1v) is 22.5. The number of para-hydroxylation sites is 5. The van der Waals surface area contributed by atoms with Gasteiger partial charge in [0.05, 0.1) is 39.5 Å². The maximum atomic E-state index is 6.78. The molecule has 12 rings (SSSR count). The number of nitrogens with zero attached hydrogens (tertiary/aromatic N) is 5. The van der Waals surface area contributed by atoms with Crippen molar-refractivity contribution in [2.24, 2.45) is 0 Å². The molecule has 3 aliphatic rings. The van der Waals surface area contributed by atoms with Gasteiger partial charge in [0.1, 0.15) is 24.0 Å². The normalized spacial score (nSPS) is 15.5. The van der Waals surface area contributed by atoms with E-state index >= 15 is 0 Å². The Morgan fingerprint density at radius 2 is 1.08 bits per heavy atom. The van der Waals surface area contributed by atoms with Gasteiger partial charge in [-0.05, 0) is 112 Å². The van der Waals surface area contributed by atoms with Gasteiger partial charge < -0.3 is 19.4 Å². The highest BCUT2D eigenvalue weighted by Gasteiger charge is 2.46. The Balaban J connectivity index is 0.925. The predicted octanol–water partition coefficient (Wildman–Crippen LogP) is 15.3. The molecule has 3 aliphatic heterocycles. The van der Waals surface area contributed by atoms with Gasteiger partial charge in [0.25, 0.3) is 0 Å². The van der Waals surface area contributed by atoms with Gasteiger partial charge in [-0.3, -0.25) is 4.57 Å². The van der Waals surface area contributed by atoms with Crippen molar-refractivity contribution in [2.75, 3.05) is 21.4 Å². The Kier molecular flexibility index (Phi) is 8.15. The van der Waals surface area contributed by atoms with E-state index in [9.17, 15) is 0 Å². The molecule has 2 aromatic heterocycles. The van der Waals surface area contributed by atoms with Gasteiger partial charge in [-0.2, -0.15) is 0 Å². The first-order chi connectivity index (χ1) is 30.9. The highest BCUT2D eigenvalue weighted by atomic mass is 16.5. The molecule has 64 heavy (non-hydrogen) atoms. The van der Waals surface area contributed by atoms with Gasteiger partial charge in [-0.25, -0.2) is 4.98 Å². The Morgan fingerprint density at radius 1 is 0.500 bits per heavy atom. The summed E-state index contributed by atoms with van der Waals surface area (Å²) in [7, 11) is 0. The minimum atomic E-state index is -0.218. The van der Waals surface area contributed by atoms with E-state index in [2.05, 4.69) is 232 Å². The monoisotopic (exact) mass is 833 g/mol. The maximum Gasteiger partial charge on any atom is 0.137 e. The van der Waals surface area contributed by atoms with Crippen molar-refractivity contribution in [1.82, 2.24) is 9.55 Å². The zero-order valence-corrected chi connectivity index (χ0v) is 37.5. The molecule has 5 heterocycles. The summed E-state index contributed by atoms with van der Waals surface area (Å²) in [6, 6.07) is 59.5. The van der Waals surface area contributed by atoms with Gasteiger partial charge in [0.2, 0.25) is 0 Å². The second-order valence-corrected chi connectivity index (χ2v) is 19.8. The summed E-state index contributed by atoms with van der Waals surface area (Å²) in [5, 5.41) is 2.35. The van der Waals surface area contributed by atoms with E-state index in [1.165, 1.54) is 61.6 Å². The van der Waals surface area contributed by atoms with E-state index in [-0.39, 0.29) is 16.2 Å². The lowest BCUT2D eigenvalue weighted by atomic mass is 9.66. The van der Waals surface area contributed by atoms with Crippen molar-refractivity contribution in [3.8, 4) is 17.3 Å². The average Bonchev–Trinajstić information content (AvgIpc) is 3.85. The smallest absolute Gasteiger partial charge is 0.137 e. The first kappa shape index (κ1) is 38.4. The van der Waals surface area contributed by atoms with E-state index in [0.29, 0.717) is 6.67 Å². The molecule has 0 unspecified atom stereocenters. The lowest BCUT2D eigenvalue weighted by Gasteiger charge is -2.50. The van der Waals surface area contributed by atoms with E-state index in [1.54, 1.807) is 0 Å². The SMILES string of the molecule is CC(C)(C)c1ccnc(-n2c3ccccc3c3ccc(Oc4cccc(N5CN(c6cc7c8c(c6)C(C)(C)c6ccccc6N8c6ccccc6C7(C)C)c6ccccc65)c4)cc32)c1. The second-order valence-electron chi connectivity index (χ2n) is 19.8. The number of fused-ring (bicyclic) bond motifs is 8. The highest BCUT2D eigenvalue weighted by molar-refractivity contribution is 6.09. The highest BCUT2D eigenvalue weighted by Crippen LogP contribution is 2.61. The molecule has 0 bridgehead atoms. The van der Waals surface area contributed by atoms with Crippen LogP contribution in [0.15, 0.2) is 170 Å². The van der Waals surface area contributed by atoms with E-state index in [4.69, 9.17) is 9.72 Å². The number of aromatic nitrogens is 2. The largest absolute Gasteiger partial charge is 0.457 e. The Morgan fingerprint density at radius 3 is 1.75 bits per heavy atom. The number of pyridine rings is 1. The second kappa shape index (κ2) is 13.6. The molecule has 6 heteroatoms. The van der Waals surface area contributed by atoms with Crippen molar-refractivity contribution in [3.63, 3.8) is 0 Å². The van der Waals surface area contributed by atoms with E-state index < -0.39 is 0 Å². The third-order valence-corrected chi connectivity index (χ3v) is 14.2. The summed E-state index contributed by atoms with van der Waals surface area (Å²) in [4.78, 5) is 12.3. The summed E-state index contributed by atoms with van der Waals surface area (Å²) in [6.07, 6.45) is 1.93. The first-order valence-electron chi connectivity index (χ1n) is 22.5. The summed E-state index contributed by atoms with van der Waals surface area (Å²) in [6.45, 7) is 17.0. The van der Waals surface area contributed by atoms with Crippen LogP contribution in [0.2, 0.25) is 0 Å².